The van der Waals surface area contributed by atoms with Gasteiger partial charge in [0.25, 0.3) is 0 Å². The van der Waals surface area contributed by atoms with Crippen LogP contribution in [0.1, 0.15) is 13.8 Å². The second-order valence-corrected chi connectivity index (χ2v) is 3.59. The molecule has 2 nitrogen and oxygen atoms in total. The van der Waals surface area contributed by atoms with Crippen LogP contribution in [-0.2, 0) is 0 Å². The molecule has 13 heavy (non-hydrogen) atoms. The van der Waals surface area contributed by atoms with Gasteiger partial charge >= 0.3 is 0 Å². The van der Waals surface area contributed by atoms with Crippen LogP contribution in [0.4, 0.5) is 11.4 Å². The minimum absolute atomic E-state index is 0.931. The van der Waals surface area contributed by atoms with Gasteiger partial charge in [-0.1, -0.05) is 12.1 Å². The summed E-state index contributed by atoms with van der Waals surface area (Å²) in [5.74, 6) is 0. The molecule has 0 fully saturated rings. The predicted molar refractivity (Wildman–Crippen MR) is 56.7 cm³/mol. The molecule has 0 N–H and O–H groups in total. The minimum atomic E-state index is 0.931. The fourth-order valence-electron chi connectivity index (χ4n) is 2.21. The molecule has 0 bridgehead atoms. The maximum absolute atomic E-state index is 2.45. The number of para-hydroxylation sites is 2. The molecule has 1 heterocycles. The second-order valence-electron chi connectivity index (χ2n) is 3.59. The first-order chi connectivity index (χ1) is 6.25. The van der Waals surface area contributed by atoms with Crippen LogP contribution in [0.25, 0.3) is 0 Å². The van der Waals surface area contributed by atoms with Gasteiger partial charge in [0.15, 0.2) is 0 Å². The Morgan fingerprint density at radius 2 is 1.54 bits per heavy atom. The van der Waals surface area contributed by atoms with Crippen molar-refractivity contribution in [2.45, 2.75) is 13.8 Å². The molecule has 0 saturated heterocycles. The summed E-state index contributed by atoms with van der Waals surface area (Å²) in [6.45, 7) is 6.63. The summed E-state index contributed by atoms with van der Waals surface area (Å²) >= 11 is 0. The first kappa shape index (κ1) is 8.73. The molecule has 0 atom stereocenters. The third-order valence-electron chi connectivity index (χ3n) is 3.07. The van der Waals surface area contributed by atoms with Gasteiger partial charge in [-0.05, 0) is 13.8 Å². The maximum Gasteiger partial charge on any atom is 0.221 e. The quantitative estimate of drug-likeness (QED) is 0.506. The van der Waals surface area contributed by atoms with Crippen molar-refractivity contribution >= 4 is 11.4 Å². The highest BCUT2D eigenvalue weighted by Crippen LogP contribution is 2.55. The summed E-state index contributed by atoms with van der Waals surface area (Å²) in [6, 6.07) is 8.67. The lowest BCUT2D eigenvalue weighted by Crippen LogP contribution is -2.45. The van der Waals surface area contributed by atoms with Gasteiger partial charge in [0.2, 0.25) is 11.4 Å². The fraction of sp³-hybridized carbons (Fsp3) is 0.455. The minimum Gasteiger partial charge on any atom is -0.172 e. The van der Waals surface area contributed by atoms with Crippen LogP contribution in [0.2, 0.25) is 0 Å². The molecule has 0 amide bonds. The van der Waals surface area contributed by atoms with Crippen LogP contribution in [0, 0.1) is 0 Å². The summed E-state index contributed by atoms with van der Waals surface area (Å²) < 4.78 is 0.931. The molecular weight excluding hydrogens is 160 g/mol. The molecule has 0 radical (unpaired) electrons. The fourth-order valence-corrected chi connectivity index (χ4v) is 2.21. The Hall–Kier alpha value is -0.860. The zero-order valence-corrected chi connectivity index (χ0v) is 8.62. The molecule has 1 aliphatic rings. The second kappa shape index (κ2) is 2.82. The normalized spacial score (nSPS) is 17.2. The van der Waals surface area contributed by atoms with E-state index in [1.165, 1.54) is 11.4 Å². The Balaban J connectivity index is 2.29. The summed E-state index contributed by atoms with van der Waals surface area (Å²) in [6.07, 6.45) is 0. The number of quaternary nitrogens is 1. The van der Waals surface area contributed by atoms with Gasteiger partial charge in [0.05, 0.1) is 7.05 Å². The number of nitrogens with zero attached hydrogens (tertiary/aromatic N) is 2. The van der Waals surface area contributed by atoms with Crippen molar-refractivity contribution in [3.05, 3.63) is 24.3 Å². The standard InChI is InChI=1S/C11H17N2/c1-4-12(5-2)13(3)10-8-6-7-9-11(10)13/h6-9H,4-5H2,1-3H3/q+1. The highest BCUT2D eigenvalue weighted by Gasteiger charge is 2.53. The number of hydrogen-bond donors (Lipinski definition) is 0. The number of fused-ring (bicyclic) bond motifs is 1. The molecule has 0 aliphatic carbocycles. The summed E-state index contributed by atoms with van der Waals surface area (Å²) in [5.41, 5.74) is 2.90. The molecule has 0 saturated carbocycles. The highest BCUT2D eigenvalue weighted by atomic mass is 15.8. The predicted octanol–water partition coefficient (Wildman–Crippen LogP) is 2.53. The zero-order valence-electron chi connectivity index (χ0n) is 8.62. The molecule has 70 valence electrons. The van der Waals surface area contributed by atoms with Crippen LogP contribution >= 0.6 is 0 Å². The van der Waals surface area contributed by atoms with Crippen LogP contribution in [0.15, 0.2) is 24.3 Å². The van der Waals surface area contributed by atoms with E-state index < -0.39 is 0 Å². The van der Waals surface area contributed by atoms with Gasteiger partial charge in [-0.25, -0.2) is 0 Å². The summed E-state index contributed by atoms with van der Waals surface area (Å²) in [4.78, 5) is 0. The monoisotopic (exact) mass is 177 g/mol. The van der Waals surface area contributed by atoms with Gasteiger partial charge in [0.1, 0.15) is 0 Å². The number of hydrogen-bond acceptors (Lipinski definition) is 1. The van der Waals surface area contributed by atoms with Gasteiger partial charge in [0, 0.05) is 25.2 Å². The van der Waals surface area contributed by atoms with Crippen LogP contribution in [-0.4, -0.2) is 25.1 Å². The molecule has 1 aromatic rings. The summed E-state index contributed by atoms with van der Waals surface area (Å²) in [5, 5.41) is 2.45. The average molecular weight is 177 g/mol. The lowest BCUT2D eigenvalue weighted by molar-refractivity contribution is 0.112. The highest BCUT2D eigenvalue weighted by molar-refractivity contribution is 5.85. The smallest absolute Gasteiger partial charge is 0.172 e. The maximum atomic E-state index is 2.45. The molecule has 0 aromatic heterocycles. The Morgan fingerprint density at radius 1 is 1.08 bits per heavy atom. The topological polar surface area (TPSA) is 3.24 Å². The van der Waals surface area contributed by atoms with E-state index in [1.807, 2.05) is 0 Å². The van der Waals surface area contributed by atoms with Crippen molar-refractivity contribution in [3.8, 4) is 0 Å². The van der Waals surface area contributed by atoms with E-state index in [9.17, 15) is 0 Å². The number of rotatable bonds is 3. The van der Waals surface area contributed by atoms with Crippen molar-refractivity contribution in [2.24, 2.45) is 0 Å². The van der Waals surface area contributed by atoms with Gasteiger partial charge < -0.3 is 0 Å². The Bertz CT molecular complexity index is 293. The average Bonchev–Trinajstić information content (AvgIpc) is 2.77. The molecule has 2 heteroatoms. The van der Waals surface area contributed by atoms with Gasteiger partial charge in [-0.2, -0.15) is 4.59 Å². The lowest BCUT2D eigenvalue weighted by Gasteiger charge is -2.25. The van der Waals surface area contributed by atoms with E-state index in [1.54, 1.807) is 0 Å². The lowest BCUT2D eigenvalue weighted by atomic mass is 10.4. The molecule has 2 rings (SSSR count). The molecule has 0 spiro atoms. The molecular formula is C11H17N2+. The van der Waals surface area contributed by atoms with Crippen molar-refractivity contribution in [1.82, 2.24) is 9.60 Å². The van der Waals surface area contributed by atoms with E-state index in [-0.39, 0.29) is 0 Å². The first-order valence-corrected chi connectivity index (χ1v) is 4.97. The Morgan fingerprint density at radius 3 is 1.92 bits per heavy atom. The Kier molecular flexibility index (Phi) is 1.90. The van der Waals surface area contributed by atoms with E-state index in [2.05, 4.69) is 50.2 Å². The Labute approximate surface area is 80.0 Å². The van der Waals surface area contributed by atoms with E-state index in [4.69, 9.17) is 0 Å². The van der Waals surface area contributed by atoms with Crippen LogP contribution in [0.3, 0.4) is 0 Å². The third kappa shape index (κ3) is 1.02. The van der Waals surface area contributed by atoms with Crippen LogP contribution < -0.4 is 4.59 Å². The van der Waals surface area contributed by atoms with Crippen molar-refractivity contribution in [1.29, 1.82) is 0 Å². The van der Waals surface area contributed by atoms with E-state index in [0.717, 1.165) is 17.7 Å². The largest absolute Gasteiger partial charge is 0.221 e. The SMILES string of the molecule is CCN(CC)[N+]1(C)c2ccccc21. The van der Waals surface area contributed by atoms with Crippen molar-refractivity contribution in [3.63, 3.8) is 0 Å². The van der Waals surface area contributed by atoms with Crippen molar-refractivity contribution < 1.29 is 0 Å². The number of benzene rings is 1. The van der Waals surface area contributed by atoms with E-state index >= 15 is 0 Å². The van der Waals surface area contributed by atoms with Gasteiger partial charge in [-0.15, -0.1) is 5.01 Å². The van der Waals surface area contributed by atoms with Gasteiger partial charge in [-0.3, -0.25) is 0 Å². The van der Waals surface area contributed by atoms with E-state index in [0.29, 0.717) is 0 Å². The first-order valence-electron chi connectivity index (χ1n) is 4.97. The van der Waals surface area contributed by atoms with Crippen LogP contribution in [0.5, 0.6) is 0 Å². The molecule has 1 aromatic carbocycles. The third-order valence-corrected chi connectivity index (χ3v) is 3.07. The molecule has 1 aliphatic heterocycles. The molecule has 0 unspecified atom stereocenters. The van der Waals surface area contributed by atoms with Crippen molar-refractivity contribution in [2.75, 3.05) is 20.1 Å². The zero-order chi connectivity index (χ0) is 9.47. The summed E-state index contributed by atoms with van der Waals surface area (Å²) in [7, 11) is 2.26.